The van der Waals surface area contributed by atoms with E-state index in [4.69, 9.17) is 25.8 Å². The molecular formula is C36H46ClN5O10S. The van der Waals surface area contributed by atoms with Crippen LogP contribution in [0.5, 0.6) is 0 Å². The van der Waals surface area contributed by atoms with Gasteiger partial charge in [-0.2, -0.15) is 0 Å². The maximum atomic E-state index is 14.4. The number of ether oxygens (including phenoxy) is 3. The van der Waals surface area contributed by atoms with Crippen molar-refractivity contribution in [2.45, 2.75) is 119 Å². The number of hydrogen-bond donors (Lipinski definition) is 3. The van der Waals surface area contributed by atoms with E-state index in [0.717, 1.165) is 24.0 Å². The average molecular weight is 776 g/mol. The molecule has 1 aromatic rings. The SMILES string of the molecule is O=C(N[C@H]1CCCCC/C=C\[C@H]2C[C@@]2(C(=O)NS(=O)(=O)C2CC2)NC(=O)[C@@H]2C[C@@H](OC(=O)N3Cc4cccc(Cl)c4C3)CN2C1=O)OC1CCOCC1. The van der Waals surface area contributed by atoms with Crippen molar-refractivity contribution in [2.75, 3.05) is 19.8 Å². The van der Waals surface area contributed by atoms with Gasteiger partial charge in [0.25, 0.3) is 5.91 Å². The van der Waals surface area contributed by atoms with E-state index in [2.05, 4.69) is 15.4 Å². The van der Waals surface area contributed by atoms with Gasteiger partial charge in [0.2, 0.25) is 21.8 Å². The summed E-state index contributed by atoms with van der Waals surface area (Å²) in [5, 5.41) is 5.45. The Morgan fingerprint density at radius 1 is 0.981 bits per heavy atom. The van der Waals surface area contributed by atoms with Crippen LogP contribution in [0.3, 0.4) is 0 Å². The molecule has 288 valence electrons. The van der Waals surface area contributed by atoms with Gasteiger partial charge >= 0.3 is 12.2 Å². The van der Waals surface area contributed by atoms with E-state index in [0.29, 0.717) is 56.8 Å². The van der Waals surface area contributed by atoms with Gasteiger partial charge in [-0.25, -0.2) is 18.0 Å². The molecule has 17 heteroatoms. The quantitative estimate of drug-likeness (QED) is 0.363. The third-order valence-corrected chi connectivity index (χ3v) is 13.2. The van der Waals surface area contributed by atoms with E-state index in [1.165, 1.54) is 9.80 Å². The van der Waals surface area contributed by atoms with Crippen LogP contribution in [-0.2, 0) is 51.7 Å². The summed E-state index contributed by atoms with van der Waals surface area (Å²) in [6.45, 7) is 1.30. The second-order valence-electron chi connectivity index (χ2n) is 14.9. The molecule has 0 spiro atoms. The lowest BCUT2D eigenvalue weighted by Gasteiger charge is -2.30. The maximum absolute atomic E-state index is 14.4. The number of sulfonamides is 1. The fourth-order valence-electron chi connectivity index (χ4n) is 7.70. The highest BCUT2D eigenvalue weighted by atomic mass is 35.5. The van der Waals surface area contributed by atoms with Crippen molar-refractivity contribution in [1.82, 2.24) is 25.2 Å². The van der Waals surface area contributed by atoms with Gasteiger partial charge in [0, 0.05) is 36.7 Å². The molecule has 1 aromatic carbocycles. The number of carbonyl (C=O) groups excluding carboxylic acids is 5. The van der Waals surface area contributed by atoms with Gasteiger partial charge in [-0.1, -0.05) is 48.7 Å². The zero-order valence-electron chi connectivity index (χ0n) is 29.4. The molecule has 0 aromatic heterocycles. The van der Waals surface area contributed by atoms with Gasteiger partial charge in [0.05, 0.1) is 31.6 Å². The van der Waals surface area contributed by atoms with Crippen molar-refractivity contribution in [3.05, 3.63) is 46.5 Å². The lowest BCUT2D eigenvalue weighted by Crippen LogP contribution is -2.58. The van der Waals surface area contributed by atoms with Crippen LogP contribution < -0.4 is 15.4 Å². The second-order valence-corrected chi connectivity index (χ2v) is 17.3. The van der Waals surface area contributed by atoms with Crippen LogP contribution >= 0.6 is 11.6 Å². The molecule has 4 heterocycles. The lowest BCUT2D eigenvalue weighted by atomic mass is 10.0. The number of alkyl carbamates (subject to hydrolysis) is 1. The van der Waals surface area contributed by atoms with Gasteiger partial charge in [0.15, 0.2) is 0 Å². The first kappa shape index (κ1) is 37.4. The highest BCUT2D eigenvalue weighted by molar-refractivity contribution is 7.91. The molecule has 2 aliphatic carbocycles. The summed E-state index contributed by atoms with van der Waals surface area (Å²) in [7, 11) is -3.91. The molecule has 0 radical (unpaired) electrons. The molecule has 5 atom stereocenters. The summed E-state index contributed by atoms with van der Waals surface area (Å²) >= 11 is 6.36. The van der Waals surface area contributed by atoms with Crippen molar-refractivity contribution < 1.29 is 46.6 Å². The van der Waals surface area contributed by atoms with E-state index in [1.54, 1.807) is 12.1 Å². The monoisotopic (exact) mass is 775 g/mol. The third kappa shape index (κ3) is 8.44. The van der Waals surface area contributed by atoms with E-state index in [9.17, 15) is 32.4 Å². The number of amides is 5. The maximum Gasteiger partial charge on any atom is 0.410 e. The molecule has 4 fully saturated rings. The number of nitrogens with zero attached hydrogens (tertiary/aromatic N) is 2. The summed E-state index contributed by atoms with van der Waals surface area (Å²) in [5.41, 5.74) is 0.178. The van der Waals surface area contributed by atoms with Gasteiger partial charge in [-0.15, -0.1) is 0 Å². The molecule has 15 nitrogen and oxygen atoms in total. The van der Waals surface area contributed by atoms with Crippen molar-refractivity contribution >= 4 is 51.5 Å². The molecule has 0 bridgehead atoms. The van der Waals surface area contributed by atoms with Crippen LogP contribution in [0.1, 0.15) is 81.8 Å². The smallest absolute Gasteiger partial charge is 0.410 e. The summed E-state index contributed by atoms with van der Waals surface area (Å²) in [5.74, 6) is -2.52. The fraction of sp³-hybridized carbons (Fsp3) is 0.639. The Morgan fingerprint density at radius 3 is 2.53 bits per heavy atom. The Kier molecular flexibility index (Phi) is 10.9. The number of fused-ring (bicyclic) bond motifs is 3. The molecule has 2 saturated heterocycles. The highest BCUT2D eigenvalue weighted by Crippen LogP contribution is 2.46. The van der Waals surface area contributed by atoms with Crippen LogP contribution in [0.15, 0.2) is 30.4 Å². The summed E-state index contributed by atoms with van der Waals surface area (Å²) in [6, 6.07) is 3.20. The molecule has 53 heavy (non-hydrogen) atoms. The Bertz CT molecular complexity index is 1770. The molecule has 4 aliphatic heterocycles. The molecule has 2 saturated carbocycles. The Hall–Kier alpha value is -3.89. The van der Waals surface area contributed by atoms with Crippen LogP contribution in [0.25, 0.3) is 0 Å². The number of nitrogens with one attached hydrogen (secondary N) is 3. The molecular weight excluding hydrogens is 730 g/mol. The first-order valence-electron chi connectivity index (χ1n) is 18.6. The average Bonchev–Trinajstić information content (AvgIpc) is 4.01. The fourth-order valence-corrected chi connectivity index (χ4v) is 9.31. The third-order valence-electron chi connectivity index (χ3n) is 11.0. The number of carbonyl (C=O) groups is 5. The Labute approximate surface area is 313 Å². The number of hydrogen-bond acceptors (Lipinski definition) is 10. The van der Waals surface area contributed by atoms with Gasteiger partial charge in [0.1, 0.15) is 29.8 Å². The molecule has 5 amide bonds. The number of halogens is 1. The van der Waals surface area contributed by atoms with Crippen LogP contribution in [0, 0.1) is 5.92 Å². The summed E-state index contributed by atoms with van der Waals surface area (Å²) < 4.78 is 44.6. The predicted molar refractivity (Wildman–Crippen MR) is 190 cm³/mol. The van der Waals surface area contributed by atoms with Crippen molar-refractivity contribution in [2.24, 2.45) is 5.92 Å². The van der Waals surface area contributed by atoms with E-state index in [-0.39, 0.29) is 45.0 Å². The normalized spacial score (nSPS) is 30.1. The van der Waals surface area contributed by atoms with Gasteiger partial charge in [-0.05, 0) is 55.7 Å². The number of benzene rings is 1. The first-order valence-corrected chi connectivity index (χ1v) is 20.5. The first-order chi connectivity index (χ1) is 25.4. The minimum Gasteiger partial charge on any atom is -0.446 e. The Balaban J connectivity index is 1.12. The summed E-state index contributed by atoms with van der Waals surface area (Å²) in [6.07, 6.45) is 6.27. The Morgan fingerprint density at radius 2 is 1.77 bits per heavy atom. The van der Waals surface area contributed by atoms with E-state index in [1.807, 2.05) is 18.2 Å². The topological polar surface area (TPSA) is 190 Å². The number of allylic oxidation sites excluding steroid dienone is 1. The number of rotatable bonds is 6. The minimum absolute atomic E-state index is 0.0807. The lowest BCUT2D eigenvalue weighted by molar-refractivity contribution is -0.141. The molecule has 0 unspecified atom stereocenters. The zero-order valence-corrected chi connectivity index (χ0v) is 31.0. The summed E-state index contributed by atoms with van der Waals surface area (Å²) in [4.78, 5) is 71.6. The second kappa shape index (κ2) is 15.5. The molecule has 7 rings (SSSR count). The van der Waals surface area contributed by atoms with Crippen molar-refractivity contribution in [1.29, 1.82) is 0 Å². The van der Waals surface area contributed by atoms with Crippen LogP contribution in [-0.4, -0.2) is 103 Å². The molecule has 3 N–H and O–H groups in total. The highest BCUT2D eigenvalue weighted by Gasteiger charge is 2.62. The van der Waals surface area contributed by atoms with Crippen LogP contribution in [0.4, 0.5) is 9.59 Å². The van der Waals surface area contributed by atoms with E-state index >= 15 is 0 Å². The van der Waals surface area contributed by atoms with Crippen LogP contribution in [0.2, 0.25) is 5.02 Å². The van der Waals surface area contributed by atoms with Crippen molar-refractivity contribution in [3.8, 4) is 0 Å². The zero-order chi connectivity index (χ0) is 37.3. The predicted octanol–water partition coefficient (Wildman–Crippen LogP) is 3.04. The molecule has 6 aliphatic rings. The van der Waals surface area contributed by atoms with E-state index < -0.39 is 74.8 Å². The standard InChI is InChI=1S/C36H46ClN5O10S/c37-28-9-6-7-22-19-41(21-27(22)28)35(47)52-25-17-30-31(43)39-36(33(45)40-53(48,49)26-11-12-26)18-23(36)8-4-2-1-3-5-10-29(32(44)42(30)20-25)38-34(46)51-24-13-15-50-16-14-24/h4,6-9,23-26,29-30H,1-3,5,10-21H2,(H,38,46)(H,39,43)(H,40,45)/b8-4-/t23-,25+,29-,30-,36+/m0/s1. The van der Waals surface area contributed by atoms with Crippen molar-refractivity contribution in [3.63, 3.8) is 0 Å². The van der Waals surface area contributed by atoms with Gasteiger partial charge < -0.3 is 29.7 Å². The minimum atomic E-state index is -3.91. The largest absolute Gasteiger partial charge is 0.446 e. The van der Waals surface area contributed by atoms with Gasteiger partial charge in [-0.3, -0.25) is 24.0 Å².